The minimum absolute atomic E-state index is 0.111. The van der Waals surface area contributed by atoms with Crippen molar-refractivity contribution < 1.29 is 14.3 Å². The van der Waals surface area contributed by atoms with E-state index < -0.39 is 0 Å². The number of carbonyl (C=O) groups excluding carboxylic acids is 2. The molecule has 1 rings (SSSR count). The van der Waals surface area contributed by atoms with E-state index in [1.165, 1.54) is 0 Å². The standard InChI is InChI=1S/C11H19NO3/c1-8(2)7-15-11(14)12-9(3)4-5-10(12)6-13/h6,8-10H,4-5,7H2,1-3H3. The van der Waals surface area contributed by atoms with E-state index in [0.29, 0.717) is 12.5 Å². The van der Waals surface area contributed by atoms with Gasteiger partial charge in [0.05, 0.1) is 12.6 Å². The highest BCUT2D eigenvalue weighted by molar-refractivity contribution is 5.74. The van der Waals surface area contributed by atoms with E-state index in [4.69, 9.17) is 4.74 Å². The molecule has 1 fully saturated rings. The van der Waals surface area contributed by atoms with E-state index in [1.807, 2.05) is 20.8 Å². The van der Waals surface area contributed by atoms with Gasteiger partial charge in [0, 0.05) is 6.04 Å². The third-order valence-electron chi connectivity index (χ3n) is 2.62. The van der Waals surface area contributed by atoms with Crippen LogP contribution in [0.4, 0.5) is 4.79 Å². The number of likely N-dealkylation sites (tertiary alicyclic amines) is 1. The predicted molar refractivity (Wildman–Crippen MR) is 56.6 cm³/mol. The van der Waals surface area contributed by atoms with Crippen LogP contribution in [0.5, 0.6) is 0 Å². The molecule has 0 aromatic heterocycles. The molecule has 0 spiro atoms. The van der Waals surface area contributed by atoms with E-state index >= 15 is 0 Å². The summed E-state index contributed by atoms with van der Waals surface area (Å²) in [6.07, 6.45) is 2.10. The third-order valence-corrected chi connectivity index (χ3v) is 2.62. The fourth-order valence-corrected chi connectivity index (χ4v) is 1.78. The maximum atomic E-state index is 11.7. The Bertz CT molecular complexity index is 240. The van der Waals surface area contributed by atoms with E-state index in [9.17, 15) is 9.59 Å². The average molecular weight is 213 g/mol. The first-order valence-corrected chi connectivity index (χ1v) is 5.46. The van der Waals surface area contributed by atoms with Crippen LogP contribution in [0.2, 0.25) is 0 Å². The summed E-state index contributed by atoms with van der Waals surface area (Å²) in [4.78, 5) is 24.0. The van der Waals surface area contributed by atoms with Crippen LogP contribution in [0, 0.1) is 5.92 Å². The van der Waals surface area contributed by atoms with E-state index in [1.54, 1.807) is 4.90 Å². The Kier molecular flexibility index (Phi) is 4.12. The Hall–Kier alpha value is -1.06. The molecule has 0 radical (unpaired) electrons. The van der Waals surface area contributed by atoms with Crippen LogP contribution >= 0.6 is 0 Å². The van der Waals surface area contributed by atoms with Gasteiger partial charge in [-0.25, -0.2) is 4.79 Å². The smallest absolute Gasteiger partial charge is 0.410 e. The second-order valence-electron chi connectivity index (χ2n) is 4.51. The predicted octanol–water partition coefficient (Wildman–Crippen LogP) is 1.83. The molecule has 1 heterocycles. The first kappa shape index (κ1) is 12.0. The lowest BCUT2D eigenvalue weighted by molar-refractivity contribution is -0.111. The molecule has 1 amide bonds. The van der Waals surface area contributed by atoms with Crippen molar-refractivity contribution in [1.82, 2.24) is 4.90 Å². The van der Waals surface area contributed by atoms with Gasteiger partial charge in [-0.1, -0.05) is 13.8 Å². The Morgan fingerprint density at radius 2 is 2.20 bits per heavy atom. The van der Waals surface area contributed by atoms with Crippen molar-refractivity contribution in [3.8, 4) is 0 Å². The van der Waals surface area contributed by atoms with Crippen LogP contribution < -0.4 is 0 Å². The topological polar surface area (TPSA) is 46.6 Å². The van der Waals surface area contributed by atoms with Crippen molar-refractivity contribution in [2.45, 2.75) is 45.7 Å². The number of nitrogens with zero attached hydrogens (tertiary/aromatic N) is 1. The number of ether oxygens (including phenoxy) is 1. The minimum atomic E-state index is -0.356. The summed E-state index contributed by atoms with van der Waals surface area (Å²) in [5, 5.41) is 0. The van der Waals surface area contributed by atoms with Crippen LogP contribution in [-0.2, 0) is 9.53 Å². The van der Waals surface area contributed by atoms with Gasteiger partial charge in [-0.15, -0.1) is 0 Å². The summed E-state index contributed by atoms with van der Waals surface area (Å²) < 4.78 is 5.12. The highest BCUT2D eigenvalue weighted by Crippen LogP contribution is 2.23. The zero-order valence-electron chi connectivity index (χ0n) is 9.60. The van der Waals surface area contributed by atoms with Gasteiger partial charge in [-0.2, -0.15) is 0 Å². The maximum Gasteiger partial charge on any atom is 0.410 e. The summed E-state index contributed by atoms with van der Waals surface area (Å²) >= 11 is 0. The Labute approximate surface area is 90.6 Å². The first-order valence-electron chi connectivity index (χ1n) is 5.46. The quantitative estimate of drug-likeness (QED) is 0.672. The number of amides is 1. The van der Waals surface area contributed by atoms with E-state index in [0.717, 1.165) is 19.1 Å². The Morgan fingerprint density at radius 3 is 2.73 bits per heavy atom. The molecule has 0 saturated carbocycles. The van der Waals surface area contributed by atoms with E-state index in [-0.39, 0.29) is 18.2 Å². The molecule has 1 aliphatic rings. The molecule has 4 nitrogen and oxygen atoms in total. The van der Waals surface area contributed by atoms with Gasteiger partial charge in [0.15, 0.2) is 0 Å². The maximum absolute atomic E-state index is 11.7. The fourth-order valence-electron chi connectivity index (χ4n) is 1.78. The van der Waals surface area contributed by atoms with E-state index in [2.05, 4.69) is 0 Å². The van der Waals surface area contributed by atoms with Crippen molar-refractivity contribution >= 4 is 12.4 Å². The van der Waals surface area contributed by atoms with Crippen LogP contribution in [-0.4, -0.2) is 36.0 Å². The Morgan fingerprint density at radius 1 is 1.53 bits per heavy atom. The highest BCUT2D eigenvalue weighted by Gasteiger charge is 2.35. The summed E-state index contributed by atoms with van der Waals surface area (Å²) in [7, 11) is 0. The molecule has 15 heavy (non-hydrogen) atoms. The first-order chi connectivity index (χ1) is 7.06. The second-order valence-corrected chi connectivity index (χ2v) is 4.51. The van der Waals surface area contributed by atoms with Gasteiger partial charge in [0.25, 0.3) is 0 Å². The molecule has 4 heteroatoms. The molecule has 0 aromatic carbocycles. The summed E-state index contributed by atoms with van der Waals surface area (Å²) in [6, 6.07) is -0.181. The van der Waals surface area contributed by atoms with Crippen LogP contribution in [0.1, 0.15) is 33.6 Å². The van der Waals surface area contributed by atoms with Gasteiger partial charge in [-0.3, -0.25) is 4.90 Å². The normalized spacial score (nSPS) is 25.7. The van der Waals surface area contributed by atoms with Gasteiger partial charge in [0.1, 0.15) is 6.29 Å². The Balaban J connectivity index is 2.52. The lowest BCUT2D eigenvalue weighted by Crippen LogP contribution is -2.41. The van der Waals surface area contributed by atoms with Crippen molar-refractivity contribution in [1.29, 1.82) is 0 Å². The van der Waals surface area contributed by atoms with Crippen LogP contribution in [0.25, 0.3) is 0 Å². The number of aldehydes is 1. The fraction of sp³-hybridized carbons (Fsp3) is 0.818. The minimum Gasteiger partial charge on any atom is -0.449 e. The van der Waals surface area contributed by atoms with Gasteiger partial charge in [0.2, 0.25) is 0 Å². The van der Waals surface area contributed by atoms with Gasteiger partial charge >= 0.3 is 6.09 Å². The molecule has 1 saturated heterocycles. The highest BCUT2D eigenvalue weighted by atomic mass is 16.6. The molecule has 0 aromatic rings. The molecule has 2 atom stereocenters. The third kappa shape index (κ3) is 2.94. The van der Waals surface area contributed by atoms with Crippen molar-refractivity contribution in [2.24, 2.45) is 5.92 Å². The number of carbonyl (C=O) groups is 2. The van der Waals surface area contributed by atoms with Crippen molar-refractivity contribution in [2.75, 3.05) is 6.61 Å². The summed E-state index contributed by atoms with van der Waals surface area (Å²) in [5.74, 6) is 0.321. The van der Waals surface area contributed by atoms with Crippen LogP contribution in [0.3, 0.4) is 0 Å². The molecule has 86 valence electrons. The molecule has 0 bridgehead atoms. The lowest BCUT2D eigenvalue weighted by Gasteiger charge is -2.24. The number of rotatable bonds is 3. The largest absolute Gasteiger partial charge is 0.449 e. The van der Waals surface area contributed by atoms with Gasteiger partial charge in [-0.05, 0) is 25.7 Å². The summed E-state index contributed by atoms with van der Waals surface area (Å²) in [6.45, 7) is 6.32. The van der Waals surface area contributed by atoms with Crippen molar-refractivity contribution in [3.63, 3.8) is 0 Å². The van der Waals surface area contributed by atoms with Gasteiger partial charge < -0.3 is 9.53 Å². The molecular weight excluding hydrogens is 194 g/mol. The number of hydrogen-bond acceptors (Lipinski definition) is 3. The zero-order valence-corrected chi connectivity index (χ0v) is 9.60. The SMILES string of the molecule is CC(C)COC(=O)N1C(C)CCC1C=O. The number of hydrogen-bond donors (Lipinski definition) is 0. The zero-order chi connectivity index (χ0) is 11.4. The monoisotopic (exact) mass is 213 g/mol. The summed E-state index contributed by atoms with van der Waals surface area (Å²) in [5.41, 5.74) is 0. The molecule has 2 unspecified atom stereocenters. The second kappa shape index (κ2) is 5.14. The van der Waals surface area contributed by atoms with Crippen molar-refractivity contribution in [3.05, 3.63) is 0 Å². The average Bonchev–Trinajstić information content (AvgIpc) is 2.56. The molecular formula is C11H19NO3. The van der Waals surface area contributed by atoms with Crippen LogP contribution in [0.15, 0.2) is 0 Å². The molecule has 1 aliphatic heterocycles. The molecule has 0 aliphatic carbocycles. The lowest BCUT2D eigenvalue weighted by atomic mass is 10.2. The molecule has 0 N–H and O–H groups in total.